The quantitative estimate of drug-likeness (QED) is 0.483. The molecule has 4 rings (SSSR count). The number of carbonyl (C=O) groups excluding carboxylic acids is 1. The number of anilines is 1. The van der Waals surface area contributed by atoms with E-state index in [-0.39, 0.29) is 0 Å². The van der Waals surface area contributed by atoms with Gasteiger partial charge in [0.25, 0.3) is 0 Å². The van der Waals surface area contributed by atoms with Gasteiger partial charge in [-0.1, -0.05) is 48.4 Å². The van der Waals surface area contributed by atoms with Crippen LogP contribution in [0.3, 0.4) is 0 Å². The number of benzene rings is 2. The number of halogens is 1. The minimum absolute atomic E-state index is 0.292. The van der Waals surface area contributed by atoms with Crippen LogP contribution in [0.4, 0.5) is 5.69 Å². The van der Waals surface area contributed by atoms with Crippen LogP contribution in [-0.4, -0.2) is 42.0 Å². The average Bonchev–Trinajstić information content (AvgIpc) is 2.79. The zero-order valence-electron chi connectivity index (χ0n) is 17.3. The number of rotatable bonds is 7. The number of nitrogens with zero attached hydrogens (tertiary/aromatic N) is 3. The highest BCUT2D eigenvalue weighted by Gasteiger charge is 2.22. The number of aryl methyl sites for hydroxylation is 1. The minimum Gasteiger partial charge on any atom is -0.367 e. The lowest BCUT2D eigenvalue weighted by molar-refractivity contribution is -0.131. The van der Waals surface area contributed by atoms with Crippen LogP contribution in [0.5, 0.6) is 0 Å². The SMILES string of the molecule is O=C(CCCCCc1ccccc1)N1CCN(c2ccnc3cc(Cl)ccc23)CC1. The fourth-order valence-electron chi connectivity index (χ4n) is 4.16. The number of hydrogen-bond donors (Lipinski definition) is 0. The van der Waals surface area contributed by atoms with E-state index in [4.69, 9.17) is 11.6 Å². The third kappa shape index (κ3) is 5.11. The largest absolute Gasteiger partial charge is 0.367 e. The van der Waals surface area contributed by atoms with Gasteiger partial charge in [0, 0.05) is 54.9 Å². The Kier molecular flexibility index (Phi) is 6.85. The third-order valence-electron chi connectivity index (χ3n) is 5.85. The highest BCUT2D eigenvalue weighted by Crippen LogP contribution is 2.28. The second-order valence-electron chi connectivity index (χ2n) is 7.91. The standard InChI is InChI=1S/C25H28ClN3O/c26-21-11-12-22-23(19-21)27-14-13-24(22)28-15-17-29(18-16-28)25(30)10-6-2-5-9-20-7-3-1-4-8-20/h1,3-4,7-8,11-14,19H,2,5-6,9-10,15-18H2. The molecule has 1 amide bonds. The second kappa shape index (κ2) is 9.94. The monoisotopic (exact) mass is 421 g/mol. The van der Waals surface area contributed by atoms with Crippen molar-refractivity contribution in [2.45, 2.75) is 32.1 Å². The van der Waals surface area contributed by atoms with Crippen molar-refractivity contribution in [2.75, 3.05) is 31.1 Å². The first kappa shape index (κ1) is 20.7. The Hall–Kier alpha value is -2.59. The number of piperazine rings is 1. The maximum Gasteiger partial charge on any atom is 0.222 e. The van der Waals surface area contributed by atoms with Gasteiger partial charge in [-0.2, -0.15) is 0 Å². The summed E-state index contributed by atoms with van der Waals surface area (Å²) in [7, 11) is 0. The predicted octanol–water partition coefficient (Wildman–Crippen LogP) is 5.34. The molecular weight excluding hydrogens is 394 g/mol. The van der Waals surface area contributed by atoms with Gasteiger partial charge in [0.2, 0.25) is 5.91 Å². The molecule has 4 nitrogen and oxygen atoms in total. The third-order valence-corrected chi connectivity index (χ3v) is 6.09. The molecule has 2 heterocycles. The van der Waals surface area contributed by atoms with E-state index in [0.717, 1.165) is 62.8 Å². The number of amides is 1. The van der Waals surface area contributed by atoms with Gasteiger partial charge in [0.1, 0.15) is 0 Å². The van der Waals surface area contributed by atoms with Gasteiger partial charge in [-0.15, -0.1) is 0 Å². The van der Waals surface area contributed by atoms with E-state index in [1.54, 1.807) is 0 Å². The smallest absolute Gasteiger partial charge is 0.222 e. The number of aromatic nitrogens is 1. The normalized spacial score (nSPS) is 14.3. The summed E-state index contributed by atoms with van der Waals surface area (Å²) >= 11 is 6.11. The molecule has 3 aromatic rings. The Balaban J connectivity index is 1.23. The predicted molar refractivity (Wildman–Crippen MR) is 124 cm³/mol. The summed E-state index contributed by atoms with van der Waals surface area (Å²) in [5, 5.41) is 1.81. The van der Waals surface area contributed by atoms with Crippen molar-refractivity contribution in [3.8, 4) is 0 Å². The topological polar surface area (TPSA) is 36.4 Å². The van der Waals surface area contributed by atoms with E-state index in [1.165, 1.54) is 11.3 Å². The van der Waals surface area contributed by atoms with Gasteiger partial charge in [0.15, 0.2) is 0 Å². The molecule has 0 atom stereocenters. The summed E-state index contributed by atoms with van der Waals surface area (Å²) < 4.78 is 0. The van der Waals surface area contributed by atoms with E-state index < -0.39 is 0 Å². The Morgan fingerprint density at radius 1 is 0.933 bits per heavy atom. The van der Waals surface area contributed by atoms with E-state index in [0.29, 0.717) is 17.4 Å². The molecule has 1 aromatic heterocycles. The van der Waals surface area contributed by atoms with E-state index in [2.05, 4.69) is 46.3 Å². The van der Waals surface area contributed by atoms with Crippen molar-refractivity contribution in [2.24, 2.45) is 0 Å². The first-order valence-electron chi connectivity index (χ1n) is 10.8. The first-order chi connectivity index (χ1) is 14.7. The molecule has 0 unspecified atom stereocenters. The Bertz CT molecular complexity index is 984. The summed E-state index contributed by atoms with van der Waals surface area (Å²) in [4.78, 5) is 21.4. The summed E-state index contributed by atoms with van der Waals surface area (Å²) in [6, 6.07) is 18.5. The Labute approximate surface area is 183 Å². The molecule has 1 saturated heterocycles. The van der Waals surface area contributed by atoms with Gasteiger partial charge < -0.3 is 9.80 Å². The van der Waals surface area contributed by atoms with Crippen molar-refractivity contribution in [3.63, 3.8) is 0 Å². The lowest BCUT2D eigenvalue weighted by Crippen LogP contribution is -2.48. The lowest BCUT2D eigenvalue weighted by Gasteiger charge is -2.36. The molecule has 5 heteroatoms. The van der Waals surface area contributed by atoms with Crippen LogP contribution in [0.2, 0.25) is 5.02 Å². The molecule has 30 heavy (non-hydrogen) atoms. The maximum absolute atomic E-state index is 12.6. The molecular formula is C25H28ClN3O. The van der Waals surface area contributed by atoms with Gasteiger partial charge in [-0.3, -0.25) is 9.78 Å². The van der Waals surface area contributed by atoms with Crippen LogP contribution in [0.1, 0.15) is 31.2 Å². The number of unbranched alkanes of at least 4 members (excludes halogenated alkanes) is 2. The van der Waals surface area contributed by atoms with Gasteiger partial charge >= 0.3 is 0 Å². The fourth-order valence-corrected chi connectivity index (χ4v) is 4.33. The number of hydrogen-bond acceptors (Lipinski definition) is 3. The molecule has 1 aliphatic rings. The first-order valence-corrected chi connectivity index (χ1v) is 11.2. The average molecular weight is 422 g/mol. The number of fused-ring (bicyclic) bond motifs is 1. The second-order valence-corrected chi connectivity index (χ2v) is 8.34. The van der Waals surface area contributed by atoms with Crippen LogP contribution < -0.4 is 4.90 Å². The minimum atomic E-state index is 0.292. The summed E-state index contributed by atoms with van der Waals surface area (Å²) in [5.74, 6) is 0.292. The van der Waals surface area contributed by atoms with Gasteiger partial charge in [-0.25, -0.2) is 0 Å². The van der Waals surface area contributed by atoms with Gasteiger partial charge in [-0.05, 0) is 49.1 Å². The molecule has 0 radical (unpaired) electrons. The van der Waals surface area contributed by atoms with Crippen LogP contribution in [-0.2, 0) is 11.2 Å². The van der Waals surface area contributed by atoms with Crippen LogP contribution in [0, 0.1) is 0 Å². The zero-order chi connectivity index (χ0) is 20.8. The number of carbonyl (C=O) groups is 1. The Morgan fingerprint density at radius 3 is 2.53 bits per heavy atom. The highest BCUT2D eigenvalue weighted by atomic mass is 35.5. The van der Waals surface area contributed by atoms with E-state index in [1.807, 2.05) is 29.3 Å². The summed E-state index contributed by atoms with van der Waals surface area (Å²) in [6.45, 7) is 3.25. The van der Waals surface area contributed by atoms with Crippen molar-refractivity contribution in [1.29, 1.82) is 0 Å². The highest BCUT2D eigenvalue weighted by molar-refractivity contribution is 6.31. The van der Waals surface area contributed by atoms with E-state index in [9.17, 15) is 4.79 Å². The number of pyridine rings is 1. The molecule has 0 saturated carbocycles. The lowest BCUT2D eigenvalue weighted by atomic mass is 10.1. The summed E-state index contributed by atoms with van der Waals surface area (Å²) in [6.07, 6.45) is 6.81. The molecule has 2 aromatic carbocycles. The molecule has 1 fully saturated rings. The molecule has 0 aliphatic carbocycles. The van der Waals surface area contributed by atoms with Crippen molar-refractivity contribution < 1.29 is 4.79 Å². The van der Waals surface area contributed by atoms with Crippen LogP contribution in [0.25, 0.3) is 10.9 Å². The van der Waals surface area contributed by atoms with Crippen LogP contribution >= 0.6 is 11.6 Å². The Morgan fingerprint density at radius 2 is 1.73 bits per heavy atom. The zero-order valence-corrected chi connectivity index (χ0v) is 18.0. The fraction of sp³-hybridized carbons (Fsp3) is 0.360. The van der Waals surface area contributed by atoms with Crippen molar-refractivity contribution in [1.82, 2.24) is 9.88 Å². The van der Waals surface area contributed by atoms with Crippen LogP contribution in [0.15, 0.2) is 60.8 Å². The van der Waals surface area contributed by atoms with Crippen molar-refractivity contribution in [3.05, 3.63) is 71.4 Å². The maximum atomic E-state index is 12.6. The molecule has 156 valence electrons. The van der Waals surface area contributed by atoms with Crippen molar-refractivity contribution >= 4 is 34.1 Å². The molecule has 1 aliphatic heterocycles. The van der Waals surface area contributed by atoms with Gasteiger partial charge in [0.05, 0.1) is 5.52 Å². The molecule has 0 N–H and O–H groups in total. The molecule has 0 spiro atoms. The van der Waals surface area contributed by atoms with E-state index >= 15 is 0 Å². The molecule has 0 bridgehead atoms. The summed E-state index contributed by atoms with van der Waals surface area (Å²) in [5.41, 5.74) is 3.46.